The second-order valence-corrected chi connectivity index (χ2v) is 5.37. The maximum Gasteiger partial charge on any atom is 0.274 e. The van der Waals surface area contributed by atoms with E-state index in [2.05, 4.69) is 5.32 Å². The summed E-state index contributed by atoms with van der Waals surface area (Å²) in [5.74, 6) is 0.0842. The van der Waals surface area contributed by atoms with Crippen molar-refractivity contribution in [2.45, 2.75) is 38.6 Å². The number of nitrogens with zero attached hydrogens (tertiary/aromatic N) is 1. The smallest absolute Gasteiger partial charge is 0.274 e. The molecule has 1 aromatic rings. The molecule has 2 atom stereocenters. The maximum atomic E-state index is 11.9. The van der Waals surface area contributed by atoms with Gasteiger partial charge in [-0.05, 0) is 31.7 Å². The first-order chi connectivity index (χ1) is 9.47. The zero-order valence-electron chi connectivity index (χ0n) is 11.9. The summed E-state index contributed by atoms with van der Waals surface area (Å²) in [6.07, 6.45) is 3.38. The number of benzene rings is 1. The Morgan fingerprint density at radius 2 is 2.19 bits per heavy atom. The van der Waals surface area contributed by atoms with Crippen LogP contribution in [0.3, 0.4) is 0 Å². The second kappa shape index (κ2) is 7.38. The molecule has 1 aliphatic rings. The first kappa shape index (κ1) is 17.4. The lowest BCUT2D eigenvalue weighted by atomic mass is 10.00. The molecule has 0 heterocycles. The van der Waals surface area contributed by atoms with Crippen molar-refractivity contribution in [1.82, 2.24) is 0 Å². The minimum atomic E-state index is -0.447. The van der Waals surface area contributed by atoms with Gasteiger partial charge in [-0.2, -0.15) is 0 Å². The molecular formula is C14H20ClN3O3. The molecule has 0 radical (unpaired) electrons. The Hall–Kier alpha value is -1.66. The van der Waals surface area contributed by atoms with Crippen LogP contribution in [-0.2, 0) is 4.79 Å². The molecule has 0 aromatic heterocycles. The summed E-state index contributed by atoms with van der Waals surface area (Å²) >= 11 is 0. The number of nitro groups is 1. The molecule has 6 nitrogen and oxygen atoms in total. The Morgan fingerprint density at radius 1 is 1.48 bits per heavy atom. The number of carbonyl (C=O) groups excluding carboxylic acids is 1. The molecule has 0 unspecified atom stereocenters. The van der Waals surface area contributed by atoms with Crippen LogP contribution in [0.5, 0.6) is 0 Å². The van der Waals surface area contributed by atoms with E-state index in [1.807, 2.05) is 0 Å². The van der Waals surface area contributed by atoms with Crippen molar-refractivity contribution in [2.24, 2.45) is 11.7 Å². The van der Waals surface area contributed by atoms with Crippen LogP contribution < -0.4 is 11.1 Å². The molecule has 21 heavy (non-hydrogen) atoms. The van der Waals surface area contributed by atoms with Crippen LogP contribution in [0.4, 0.5) is 11.4 Å². The summed E-state index contributed by atoms with van der Waals surface area (Å²) in [4.78, 5) is 22.4. The first-order valence-corrected chi connectivity index (χ1v) is 6.78. The van der Waals surface area contributed by atoms with Crippen molar-refractivity contribution in [3.8, 4) is 0 Å². The van der Waals surface area contributed by atoms with Gasteiger partial charge in [0, 0.05) is 29.8 Å². The van der Waals surface area contributed by atoms with Gasteiger partial charge in [-0.25, -0.2) is 0 Å². The summed E-state index contributed by atoms with van der Waals surface area (Å²) in [5, 5.41) is 13.6. The first-order valence-electron chi connectivity index (χ1n) is 6.78. The van der Waals surface area contributed by atoms with E-state index in [0.717, 1.165) is 19.3 Å². The predicted octanol–water partition coefficient (Wildman–Crippen LogP) is 2.78. The van der Waals surface area contributed by atoms with Crippen molar-refractivity contribution in [1.29, 1.82) is 0 Å². The lowest BCUT2D eigenvalue weighted by Gasteiger charge is -2.14. The number of anilines is 1. The zero-order chi connectivity index (χ0) is 14.7. The number of nitrogens with one attached hydrogen (secondary N) is 1. The fourth-order valence-electron chi connectivity index (χ4n) is 2.65. The normalized spacial score (nSPS) is 20.7. The molecule has 0 bridgehead atoms. The Bertz CT molecular complexity index is 536. The average Bonchev–Trinajstić information content (AvgIpc) is 2.77. The molecule has 1 fully saturated rings. The van der Waals surface area contributed by atoms with Crippen LogP contribution in [0.2, 0.25) is 0 Å². The Kier molecular flexibility index (Phi) is 6.11. The van der Waals surface area contributed by atoms with Gasteiger partial charge in [0.2, 0.25) is 5.91 Å². The molecule has 1 aliphatic carbocycles. The number of halogens is 1. The molecule has 0 spiro atoms. The van der Waals surface area contributed by atoms with Crippen molar-refractivity contribution in [3.05, 3.63) is 33.9 Å². The van der Waals surface area contributed by atoms with E-state index in [4.69, 9.17) is 5.73 Å². The lowest BCUT2D eigenvalue weighted by molar-refractivity contribution is -0.385. The second-order valence-electron chi connectivity index (χ2n) is 5.37. The molecule has 1 amide bonds. The van der Waals surface area contributed by atoms with E-state index in [0.29, 0.717) is 17.7 Å². The molecule has 3 N–H and O–H groups in total. The summed E-state index contributed by atoms with van der Waals surface area (Å²) in [7, 11) is 0. The number of aryl methyl sites for hydroxylation is 1. The van der Waals surface area contributed by atoms with E-state index >= 15 is 0 Å². The van der Waals surface area contributed by atoms with Crippen LogP contribution in [0.1, 0.15) is 31.2 Å². The molecule has 1 aromatic carbocycles. The molecule has 7 heteroatoms. The summed E-state index contributed by atoms with van der Waals surface area (Å²) in [6.45, 7) is 1.67. The summed E-state index contributed by atoms with van der Waals surface area (Å²) in [6, 6.07) is 4.79. The molecule has 116 valence electrons. The Labute approximate surface area is 129 Å². The average molecular weight is 314 g/mol. The fraction of sp³-hybridized carbons (Fsp3) is 0.500. The third-order valence-electron chi connectivity index (χ3n) is 3.86. The summed E-state index contributed by atoms with van der Waals surface area (Å²) in [5.41, 5.74) is 6.98. The monoisotopic (exact) mass is 313 g/mol. The van der Waals surface area contributed by atoms with Gasteiger partial charge < -0.3 is 11.1 Å². The van der Waals surface area contributed by atoms with Crippen molar-refractivity contribution >= 4 is 29.7 Å². The van der Waals surface area contributed by atoms with Gasteiger partial charge in [-0.1, -0.05) is 12.5 Å². The van der Waals surface area contributed by atoms with Gasteiger partial charge in [-0.3, -0.25) is 14.9 Å². The standard InChI is InChI=1S/C14H19N3O3.ClH/c1-9-5-6-11(8-13(9)17(19)20)16-14(18)7-10-3-2-4-12(10)15;/h5-6,8,10,12H,2-4,7,15H2,1H3,(H,16,18);1H/t10-,12+;/m0./s1. The largest absolute Gasteiger partial charge is 0.327 e. The highest BCUT2D eigenvalue weighted by Gasteiger charge is 2.26. The van der Waals surface area contributed by atoms with E-state index in [1.165, 1.54) is 6.07 Å². The van der Waals surface area contributed by atoms with Gasteiger partial charge in [0.05, 0.1) is 4.92 Å². The van der Waals surface area contributed by atoms with Crippen LogP contribution >= 0.6 is 12.4 Å². The highest BCUT2D eigenvalue weighted by atomic mass is 35.5. The Morgan fingerprint density at radius 3 is 2.76 bits per heavy atom. The highest BCUT2D eigenvalue weighted by Crippen LogP contribution is 2.28. The number of rotatable bonds is 4. The van der Waals surface area contributed by atoms with Gasteiger partial charge >= 0.3 is 0 Å². The van der Waals surface area contributed by atoms with Crippen molar-refractivity contribution < 1.29 is 9.72 Å². The zero-order valence-corrected chi connectivity index (χ0v) is 12.7. The van der Waals surface area contributed by atoms with E-state index in [9.17, 15) is 14.9 Å². The predicted molar refractivity (Wildman–Crippen MR) is 83.6 cm³/mol. The van der Waals surface area contributed by atoms with Crippen molar-refractivity contribution in [2.75, 3.05) is 5.32 Å². The van der Waals surface area contributed by atoms with Gasteiger partial charge in [0.25, 0.3) is 5.69 Å². The molecular weight excluding hydrogens is 294 g/mol. The molecule has 1 saturated carbocycles. The van der Waals surface area contributed by atoms with Gasteiger partial charge in [-0.15, -0.1) is 12.4 Å². The number of hydrogen-bond acceptors (Lipinski definition) is 4. The fourth-order valence-corrected chi connectivity index (χ4v) is 2.65. The third-order valence-corrected chi connectivity index (χ3v) is 3.86. The summed E-state index contributed by atoms with van der Waals surface area (Å²) < 4.78 is 0. The van der Waals surface area contributed by atoms with E-state index < -0.39 is 4.92 Å². The number of amides is 1. The van der Waals surface area contributed by atoms with Crippen molar-refractivity contribution in [3.63, 3.8) is 0 Å². The van der Waals surface area contributed by atoms with E-state index in [-0.39, 0.29) is 36.0 Å². The lowest BCUT2D eigenvalue weighted by Crippen LogP contribution is -2.28. The SMILES string of the molecule is Cc1ccc(NC(=O)C[C@@H]2CCC[C@H]2N)cc1[N+](=O)[O-].Cl. The topological polar surface area (TPSA) is 98.3 Å². The molecule has 0 aliphatic heterocycles. The minimum Gasteiger partial charge on any atom is -0.327 e. The Balaban J connectivity index is 0.00000220. The van der Waals surface area contributed by atoms with Crippen LogP contribution in [0.15, 0.2) is 18.2 Å². The number of carbonyl (C=O) groups is 1. The molecule has 2 rings (SSSR count). The van der Waals surface area contributed by atoms with Gasteiger partial charge in [0.15, 0.2) is 0 Å². The minimum absolute atomic E-state index is 0. The van der Waals surface area contributed by atoms with Crippen LogP contribution in [-0.4, -0.2) is 16.9 Å². The molecule has 0 saturated heterocycles. The number of hydrogen-bond donors (Lipinski definition) is 2. The number of nitro benzene ring substituents is 1. The maximum absolute atomic E-state index is 11.9. The van der Waals surface area contributed by atoms with E-state index in [1.54, 1.807) is 19.1 Å². The quantitative estimate of drug-likeness (QED) is 0.659. The van der Waals surface area contributed by atoms with Crippen LogP contribution in [0.25, 0.3) is 0 Å². The number of nitrogens with two attached hydrogens (primary N) is 1. The highest BCUT2D eigenvalue weighted by molar-refractivity contribution is 5.91. The van der Waals surface area contributed by atoms with Gasteiger partial charge in [0.1, 0.15) is 0 Å². The third kappa shape index (κ3) is 4.41. The van der Waals surface area contributed by atoms with Crippen LogP contribution in [0, 0.1) is 23.0 Å².